The highest BCUT2D eigenvalue weighted by Crippen LogP contribution is 2.19. The van der Waals surface area contributed by atoms with E-state index < -0.39 is 5.91 Å². The molecule has 0 bridgehead atoms. The largest absolute Gasteiger partial charge is 0.489 e. The molecule has 110 valence electrons. The number of ether oxygens (including phenoxy) is 1. The summed E-state index contributed by atoms with van der Waals surface area (Å²) in [5.41, 5.74) is 5.99. The zero-order valence-corrected chi connectivity index (χ0v) is 12.2. The summed E-state index contributed by atoms with van der Waals surface area (Å²) >= 11 is 0. The molecule has 2 aromatic rings. The molecule has 0 aromatic heterocycles. The molecular formula is C17H19NO3. The van der Waals surface area contributed by atoms with Gasteiger partial charge in [0.2, 0.25) is 5.91 Å². The Morgan fingerprint density at radius 2 is 1.81 bits per heavy atom. The minimum absolute atomic E-state index is 0.122. The van der Waals surface area contributed by atoms with Gasteiger partial charge in [0.15, 0.2) is 0 Å². The van der Waals surface area contributed by atoms with Gasteiger partial charge in [-0.2, -0.15) is 0 Å². The van der Waals surface area contributed by atoms with Crippen LogP contribution >= 0.6 is 0 Å². The highest BCUT2D eigenvalue weighted by Gasteiger charge is 2.05. The van der Waals surface area contributed by atoms with E-state index in [1.165, 1.54) is 16.7 Å². The van der Waals surface area contributed by atoms with Gasteiger partial charge >= 0.3 is 0 Å². The van der Waals surface area contributed by atoms with Crippen molar-refractivity contribution < 1.29 is 14.7 Å². The first kappa shape index (κ1) is 15.1. The fourth-order valence-electron chi connectivity index (χ4n) is 2.20. The monoisotopic (exact) mass is 285 g/mol. The van der Waals surface area contributed by atoms with Crippen LogP contribution in [0.3, 0.4) is 0 Å². The maximum Gasteiger partial charge on any atom is 0.247 e. The summed E-state index contributed by atoms with van der Waals surface area (Å²) in [5.74, 6) is 0.266. The lowest BCUT2D eigenvalue weighted by molar-refractivity contribution is -0.128. The van der Waals surface area contributed by atoms with Crippen molar-refractivity contribution in [3.8, 4) is 5.75 Å². The molecule has 0 saturated heterocycles. The third-order valence-electron chi connectivity index (χ3n) is 3.42. The zero-order valence-electron chi connectivity index (χ0n) is 12.2. The van der Waals surface area contributed by atoms with Crippen LogP contribution < -0.4 is 10.2 Å². The lowest BCUT2D eigenvalue weighted by atomic mass is 10.0. The van der Waals surface area contributed by atoms with Crippen LogP contribution in [0.25, 0.3) is 0 Å². The molecule has 0 aliphatic heterocycles. The molecule has 0 saturated carbocycles. The van der Waals surface area contributed by atoms with Crippen LogP contribution in [0.1, 0.15) is 22.3 Å². The Bertz CT molecular complexity index is 617. The quantitative estimate of drug-likeness (QED) is 0.656. The topological polar surface area (TPSA) is 58.6 Å². The fraction of sp³-hybridized carbons (Fsp3) is 0.235. The normalized spacial score (nSPS) is 10.2. The third-order valence-corrected chi connectivity index (χ3v) is 3.42. The average Bonchev–Trinajstić information content (AvgIpc) is 2.47. The first-order valence-corrected chi connectivity index (χ1v) is 6.80. The zero-order chi connectivity index (χ0) is 15.2. The maximum atomic E-state index is 11.2. The van der Waals surface area contributed by atoms with Crippen molar-refractivity contribution in [2.45, 2.75) is 26.9 Å². The smallest absolute Gasteiger partial charge is 0.247 e. The molecule has 2 aromatic carbocycles. The van der Waals surface area contributed by atoms with Crippen molar-refractivity contribution >= 4 is 5.91 Å². The fourth-order valence-corrected chi connectivity index (χ4v) is 2.20. The van der Waals surface area contributed by atoms with Gasteiger partial charge in [-0.05, 0) is 48.2 Å². The molecule has 0 heterocycles. The standard InChI is InChI=1S/C17H19NO3/c1-12-5-3-6-13(2)16(12)11-21-15-8-4-7-14(9-15)10-17(19)18-20/h3-9,20H,10-11H2,1-2H3,(H,18,19). The van der Waals surface area contributed by atoms with Gasteiger partial charge in [0.1, 0.15) is 12.4 Å². The van der Waals surface area contributed by atoms with E-state index in [9.17, 15) is 4.79 Å². The van der Waals surface area contributed by atoms with Gasteiger partial charge in [-0.25, -0.2) is 5.48 Å². The van der Waals surface area contributed by atoms with E-state index in [1.807, 2.05) is 30.3 Å². The Morgan fingerprint density at radius 3 is 2.48 bits per heavy atom. The van der Waals surface area contributed by atoms with Crippen molar-refractivity contribution in [2.75, 3.05) is 0 Å². The predicted octanol–water partition coefficient (Wildman–Crippen LogP) is 2.93. The van der Waals surface area contributed by atoms with Crippen LogP contribution in [0.15, 0.2) is 42.5 Å². The SMILES string of the molecule is Cc1cccc(C)c1COc1cccc(CC(=O)NO)c1. The van der Waals surface area contributed by atoms with Crippen molar-refractivity contribution in [1.82, 2.24) is 5.48 Å². The maximum absolute atomic E-state index is 11.2. The van der Waals surface area contributed by atoms with Gasteiger partial charge in [-0.3, -0.25) is 10.0 Å². The summed E-state index contributed by atoms with van der Waals surface area (Å²) in [6.45, 7) is 4.62. The van der Waals surface area contributed by atoms with Crippen LogP contribution in [-0.4, -0.2) is 11.1 Å². The Morgan fingerprint density at radius 1 is 1.14 bits per heavy atom. The van der Waals surface area contributed by atoms with Gasteiger partial charge in [0.05, 0.1) is 6.42 Å². The second-order valence-corrected chi connectivity index (χ2v) is 5.02. The van der Waals surface area contributed by atoms with Crippen LogP contribution in [0.5, 0.6) is 5.75 Å². The highest BCUT2D eigenvalue weighted by atomic mass is 16.5. The number of hydrogen-bond acceptors (Lipinski definition) is 3. The predicted molar refractivity (Wildman–Crippen MR) is 80.3 cm³/mol. The van der Waals surface area contributed by atoms with Crippen LogP contribution in [0.4, 0.5) is 0 Å². The first-order valence-electron chi connectivity index (χ1n) is 6.80. The number of hydroxylamine groups is 1. The Kier molecular flexibility index (Phi) is 4.95. The van der Waals surface area contributed by atoms with Crippen molar-refractivity contribution in [1.29, 1.82) is 0 Å². The van der Waals surface area contributed by atoms with E-state index in [0.29, 0.717) is 12.4 Å². The molecule has 4 nitrogen and oxygen atoms in total. The second-order valence-electron chi connectivity index (χ2n) is 5.02. The van der Waals surface area contributed by atoms with Crippen LogP contribution in [0.2, 0.25) is 0 Å². The Hall–Kier alpha value is -2.33. The van der Waals surface area contributed by atoms with Crippen molar-refractivity contribution in [3.63, 3.8) is 0 Å². The molecule has 0 atom stereocenters. The molecule has 0 spiro atoms. The molecule has 2 rings (SSSR count). The molecule has 0 fully saturated rings. The van der Waals surface area contributed by atoms with Gasteiger partial charge in [-0.1, -0.05) is 30.3 Å². The summed E-state index contributed by atoms with van der Waals surface area (Å²) in [4.78, 5) is 11.2. The summed E-state index contributed by atoms with van der Waals surface area (Å²) in [7, 11) is 0. The molecule has 4 heteroatoms. The average molecular weight is 285 g/mol. The van der Waals surface area contributed by atoms with Crippen LogP contribution in [-0.2, 0) is 17.8 Å². The lowest BCUT2D eigenvalue weighted by Crippen LogP contribution is -2.20. The number of amides is 1. The number of benzene rings is 2. The van der Waals surface area contributed by atoms with Crippen LogP contribution in [0, 0.1) is 13.8 Å². The van der Waals surface area contributed by atoms with Gasteiger partial charge in [-0.15, -0.1) is 0 Å². The molecule has 0 radical (unpaired) electrons. The number of rotatable bonds is 5. The van der Waals surface area contributed by atoms with E-state index in [1.54, 1.807) is 5.48 Å². The van der Waals surface area contributed by atoms with E-state index in [0.717, 1.165) is 5.56 Å². The van der Waals surface area contributed by atoms with E-state index in [2.05, 4.69) is 26.0 Å². The summed E-state index contributed by atoms with van der Waals surface area (Å²) in [6, 6.07) is 13.5. The number of aryl methyl sites for hydroxylation is 2. The van der Waals surface area contributed by atoms with E-state index >= 15 is 0 Å². The third kappa shape index (κ3) is 4.07. The summed E-state index contributed by atoms with van der Waals surface area (Å²) in [5, 5.41) is 8.55. The number of carbonyl (C=O) groups is 1. The van der Waals surface area contributed by atoms with Gasteiger partial charge in [0.25, 0.3) is 0 Å². The molecular weight excluding hydrogens is 266 g/mol. The number of hydrogen-bond donors (Lipinski definition) is 2. The first-order chi connectivity index (χ1) is 10.1. The van der Waals surface area contributed by atoms with Crippen molar-refractivity contribution in [2.24, 2.45) is 0 Å². The minimum atomic E-state index is -0.443. The molecule has 21 heavy (non-hydrogen) atoms. The second kappa shape index (κ2) is 6.90. The summed E-state index contributed by atoms with van der Waals surface area (Å²) in [6.07, 6.45) is 0.122. The summed E-state index contributed by atoms with van der Waals surface area (Å²) < 4.78 is 5.82. The van der Waals surface area contributed by atoms with E-state index in [-0.39, 0.29) is 6.42 Å². The Balaban J connectivity index is 2.07. The highest BCUT2D eigenvalue weighted by molar-refractivity contribution is 5.77. The van der Waals surface area contributed by atoms with Crippen molar-refractivity contribution in [3.05, 3.63) is 64.7 Å². The molecule has 2 N–H and O–H groups in total. The minimum Gasteiger partial charge on any atom is -0.489 e. The van der Waals surface area contributed by atoms with Gasteiger partial charge < -0.3 is 4.74 Å². The molecule has 0 unspecified atom stereocenters. The van der Waals surface area contributed by atoms with E-state index in [4.69, 9.17) is 9.94 Å². The number of carbonyl (C=O) groups excluding carboxylic acids is 1. The number of nitrogens with one attached hydrogen (secondary N) is 1. The van der Waals surface area contributed by atoms with Gasteiger partial charge in [0, 0.05) is 0 Å². The lowest BCUT2D eigenvalue weighted by Gasteiger charge is -2.12. The molecule has 1 amide bonds. The molecule has 0 aliphatic carbocycles. The molecule has 0 aliphatic rings. The Labute approximate surface area is 124 Å².